The van der Waals surface area contributed by atoms with E-state index in [1.807, 2.05) is 0 Å². The zero-order valence-electron chi connectivity index (χ0n) is 16.2. The second-order valence-corrected chi connectivity index (χ2v) is 10.4. The molecule has 0 spiro atoms. The Bertz CT molecular complexity index is 558. The minimum atomic E-state index is -4.02. The molecule has 0 bridgehead atoms. The Balaban J connectivity index is 1.55. The number of hydrogen-bond donors (Lipinski definition) is 0. The molecule has 4 saturated carbocycles. The topological polar surface area (TPSA) is 17.1 Å². The van der Waals surface area contributed by atoms with Crippen molar-refractivity contribution < 1.29 is 18.0 Å². The fourth-order valence-electron chi connectivity index (χ4n) is 8.17. The van der Waals surface area contributed by atoms with Gasteiger partial charge in [0, 0.05) is 6.42 Å². The van der Waals surface area contributed by atoms with Crippen molar-refractivity contribution in [3.8, 4) is 0 Å². The van der Waals surface area contributed by atoms with Gasteiger partial charge in [0.2, 0.25) is 0 Å². The first kappa shape index (κ1) is 18.8. The van der Waals surface area contributed by atoms with Crippen molar-refractivity contribution in [3.05, 3.63) is 0 Å². The van der Waals surface area contributed by atoms with Crippen molar-refractivity contribution in [3.63, 3.8) is 0 Å². The van der Waals surface area contributed by atoms with Crippen LogP contribution in [0.2, 0.25) is 0 Å². The van der Waals surface area contributed by atoms with Crippen LogP contribution in [0.5, 0.6) is 0 Å². The van der Waals surface area contributed by atoms with E-state index in [0.717, 1.165) is 32.0 Å². The van der Waals surface area contributed by atoms with Crippen LogP contribution in [0.1, 0.15) is 78.1 Å². The fraction of sp³-hybridized carbons (Fsp3) is 0.955. The molecule has 1 nitrogen and oxygen atoms in total. The number of aldehydes is 1. The molecule has 0 amide bonds. The van der Waals surface area contributed by atoms with Crippen LogP contribution in [-0.4, -0.2) is 12.5 Å². The Hall–Kier alpha value is -0.540. The molecular weight excluding hydrogens is 337 g/mol. The molecule has 6 unspecified atom stereocenters. The molecule has 4 heteroatoms. The number of carbonyl (C=O) groups excluding carboxylic acids is 1. The van der Waals surface area contributed by atoms with Gasteiger partial charge >= 0.3 is 6.18 Å². The second kappa shape index (κ2) is 6.24. The quantitative estimate of drug-likeness (QED) is 0.513. The molecule has 0 N–H and O–H groups in total. The summed E-state index contributed by atoms with van der Waals surface area (Å²) in [6.07, 6.45) is 6.03. The van der Waals surface area contributed by atoms with Gasteiger partial charge in [-0.25, -0.2) is 0 Å². The molecule has 0 aromatic heterocycles. The van der Waals surface area contributed by atoms with Crippen molar-refractivity contribution in [2.75, 3.05) is 0 Å². The zero-order chi connectivity index (χ0) is 18.7. The summed E-state index contributed by atoms with van der Waals surface area (Å²) >= 11 is 0. The summed E-state index contributed by atoms with van der Waals surface area (Å²) in [5, 5.41) is 0. The summed E-state index contributed by atoms with van der Waals surface area (Å²) in [6, 6.07) is 0. The zero-order valence-corrected chi connectivity index (χ0v) is 16.2. The molecule has 4 fully saturated rings. The Morgan fingerprint density at radius 3 is 2.31 bits per heavy atom. The Kier molecular flexibility index (Phi) is 4.51. The highest BCUT2D eigenvalue weighted by atomic mass is 19.4. The summed E-state index contributed by atoms with van der Waals surface area (Å²) in [4.78, 5) is 11.1. The highest BCUT2D eigenvalue weighted by Crippen LogP contribution is 2.68. The summed E-state index contributed by atoms with van der Waals surface area (Å²) in [7, 11) is 0. The summed E-state index contributed by atoms with van der Waals surface area (Å²) in [5.74, 6) is 1.66. The molecule has 0 aromatic carbocycles. The van der Waals surface area contributed by atoms with Gasteiger partial charge in [-0.15, -0.1) is 0 Å². The lowest BCUT2D eigenvalue weighted by Crippen LogP contribution is -2.54. The molecule has 26 heavy (non-hydrogen) atoms. The van der Waals surface area contributed by atoms with Crippen LogP contribution in [-0.2, 0) is 4.79 Å². The average Bonchev–Trinajstić information content (AvgIpc) is 2.90. The van der Waals surface area contributed by atoms with Crippen LogP contribution in [0.15, 0.2) is 0 Å². The van der Waals surface area contributed by atoms with Crippen LogP contribution < -0.4 is 0 Å². The van der Waals surface area contributed by atoms with Crippen molar-refractivity contribution in [2.45, 2.75) is 84.2 Å². The Labute approximate surface area is 155 Å². The normalized spacial score (nSPS) is 51.3. The van der Waals surface area contributed by atoms with Gasteiger partial charge in [-0.2, -0.15) is 13.2 Å². The van der Waals surface area contributed by atoms with E-state index >= 15 is 0 Å². The lowest BCUT2D eigenvalue weighted by molar-refractivity contribution is -0.208. The van der Waals surface area contributed by atoms with Crippen molar-refractivity contribution in [1.82, 2.24) is 0 Å². The monoisotopic (exact) mass is 370 g/mol. The van der Waals surface area contributed by atoms with Gasteiger partial charge in [0.1, 0.15) is 6.29 Å². The Morgan fingerprint density at radius 2 is 1.62 bits per heavy atom. The highest BCUT2D eigenvalue weighted by molar-refractivity contribution is 5.50. The Morgan fingerprint density at radius 1 is 0.923 bits per heavy atom. The van der Waals surface area contributed by atoms with E-state index in [1.165, 1.54) is 19.3 Å². The summed E-state index contributed by atoms with van der Waals surface area (Å²) < 4.78 is 39.8. The van der Waals surface area contributed by atoms with Crippen LogP contribution >= 0.6 is 0 Å². The lowest BCUT2D eigenvalue weighted by atomic mass is 9.44. The number of hydrogen-bond acceptors (Lipinski definition) is 1. The first-order valence-corrected chi connectivity index (χ1v) is 10.7. The molecule has 0 aliphatic heterocycles. The minimum Gasteiger partial charge on any atom is -0.303 e. The predicted octanol–water partition coefficient (Wildman–Crippen LogP) is 6.41. The SMILES string of the molecule is CC12CCC(C(F)(F)F)CC1CC[C@@H]1C2CC[C@]2(C)C(CC=O)CCC12. The van der Waals surface area contributed by atoms with Gasteiger partial charge in [-0.05, 0) is 98.2 Å². The third-order valence-electron chi connectivity index (χ3n) is 9.71. The van der Waals surface area contributed by atoms with Crippen LogP contribution in [0.25, 0.3) is 0 Å². The first-order valence-electron chi connectivity index (χ1n) is 10.7. The standard InChI is InChI=1S/C22H33F3O/c1-20-11-8-19-17(18(20)6-4-14(20)9-12-26)5-3-15-13-16(22(23,24)25)7-10-21(15,19)2/h12,14-19H,3-11,13H2,1-2H3/t14?,15?,16?,17-,18?,19?,20+,21?/m0/s1. The van der Waals surface area contributed by atoms with Gasteiger partial charge in [-0.1, -0.05) is 13.8 Å². The van der Waals surface area contributed by atoms with Gasteiger partial charge in [-0.3, -0.25) is 0 Å². The van der Waals surface area contributed by atoms with Crippen LogP contribution in [0, 0.1) is 46.3 Å². The number of fused-ring (bicyclic) bond motifs is 5. The first-order chi connectivity index (χ1) is 12.2. The van der Waals surface area contributed by atoms with E-state index < -0.39 is 12.1 Å². The van der Waals surface area contributed by atoms with E-state index in [1.54, 1.807) is 0 Å². The second-order valence-electron chi connectivity index (χ2n) is 10.4. The van der Waals surface area contributed by atoms with Crippen LogP contribution in [0.4, 0.5) is 13.2 Å². The van der Waals surface area contributed by atoms with E-state index in [4.69, 9.17) is 0 Å². The fourth-order valence-corrected chi connectivity index (χ4v) is 8.17. The number of rotatable bonds is 2. The molecule has 4 aliphatic carbocycles. The minimum absolute atomic E-state index is 0.106. The molecular formula is C22H33F3O. The molecule has 0 aromatic rings. The van der Waals surface area contributed by atoms with E-state index in [0.29, 0.717) is 42.9 Å². The summed E-state index contributed by atoms with van der Waals surface area (Å²) in [5.41, 5.74) is 0.392. The van der Waals surface area contributed by atoms with Gasteiger partial charge in [0.15, 0.2) is 0 Å². The maximum Gasteiger partial charge on any atom is 0.391 e. The summed E-state index contributed by atoms with van der Waals surface area (Å²) in [6.45, 7) is 4.73. The third-order valence-corrected chi connectivity index (χ3v) is 9.71. The molecule has 0 heterocycles. The molecule has 0 saturated heterocycles. The number of carbonyl (C=O) groups is 1. The van der Waals surface area contributed by atoms with Gasteiger partial charge in [0.05, 0.1) is 5.92 Å². The van der Waals surface area contributed by atoms with Gasteiger partial charge < -0.3 is 4.79 Å². The number of halogens is 3. The molecule has 0 radical (unpaired) electrons. The predicted molar refractivity (Wildman–Crippen MR) is 95.4 cm³/mol. The van der Waals surface area contributed by atoms with Crippen molar-refractivity contribution in [1.29, 1.82) is 0 Å². The van der Waals surface area contributed by atoms with E-state index in [9.17, 15) is 18.0 Å². The number of alkyl halides is 3. The largest absolute Gasteiger partial charge is 0.391 e. The molecule has 4 aliphatic rings. The molecule has 148 valence electrons. The van der Waals surface area contributed by atoms with Gasteiger partial charge in [0.25, 0.3) is 0 Å². The maximum atomic E-state index is 13.3. The molecule has 4 rings (SSSR count). The lowest BCUT2D eigenvalue weighted by Gasteiger charge is -2.61. The smallest absolute Gasteiger partial charge is 0.303 e. The maximum absolute atomic E-state index is 13.3. The van der Waals surface area contributed by atoms with Crippen molar-refractivity contribution >= 4 is 6.29 Å². The van der Waals surface area contributed by atoms with E-state index in [2.05, 4.69) is 13.8 Å². The highest BCUT2D eigenvalue weighted by Gasteiger charge is 2.61. The van der Waals surface area contributed by atoms with E-state index in [-0.39, 0.29) is 16.7 Å². The van der Waals surface area contributed by atoms with Crippen molar-refractivity contribution in [2.24, 2.45) is 46.3 Å². The van der Waals surface area contributed by atoms with Crippen LogP contribution in [0.3, 0.4) is 0 Å². The molecule has 8 atom stereocenters. The average molecular weight is 370 g/mol. The third kappa shape index (κ3) is 2.68.